The highest BCUT2D eigenvalue weighted by Crippen LogP contribution is 2.31. The number of aromatic nitrogens is 1. The van der Waals surface area contributed by atoms with Crippen LogP contribution in [0.1, 0.15) is 48.5 Å². The van der Waals surface area contributed by atoms with Gasteiger partial charge in [0.15, 0.2) is 5.78 Å². The van der Waals surface area contributed by atoms with Crippen molar-refractivity contribution >= 4 is 16.7 Å². The predicted octanol–water partition coefficient (Wildman–Crippen LogP) is 5.85. The molecule has 1 saturated carbocycles. The second-order valence-electron chi connectivity index (χ2n) is 7.70. The van der Waals surface area contributed by atoms with Gasteiger partial charge < -0.3 is 4.74 Å². The summed E-state index contributed by atoms with van der Waals surface area (Å²) in [5.74, 6) is 0.382. The average Bonchev–Trinajstić information content (AvgIpc) is 2.78. The maximum Gasteiger partial charge on any atom is 0.165 e. The number of aryl methyl sites for hydroxylation is 1. The van der Waals surface area contributed by atoms with E-state index in [0.717, 1.165) is 59.8 Å². The van der Waals surface area contributed by atoms with Gasteiger partial charge in [0.1, 0.15) is 0 Å². The van der Waals surface area contributed by atoms with Crippen molar-refractivity contribution in [1.29, 1.82) is 0 Å². The number of nitrogens with zero attached hydrogens (tertiary/aromatic N) is 1. The third kappa shape index (κ3) is 3.72. The zero-order valence-electron chi connectivity index (χ0n) is 16.7. The van der Waals surface area contributed by atoms with Gasteiger partial charge in [-0.3, -0.25) is 4.79 Å². The number of benzene rings is 2. The van der Waals surface area contributed by atoms with Gasteiger partial charge in [0.2, 0.25) is 0 Å². The van der Waals surface area contributed by atoms with Crippen molar-refractivity contribution in [2.24, 2.45) is 5.92 Å². The minimum atomic E-state index is 0.117. The Bertz CT molecular complexity index is 973. The number of carbonyl (C=O) groups excluding carboxylic acids is 1. The average molecular weight is 373 g/mol. The highest BCUT2D eigenvalue weighted by molar-refractivity contribution is 6.01. The molecule has 3 nitrogen and oxygen atoms in total. The molecular formula is C25H27NO2. The summed E-state index contributed by atoms with van der Waals surface area (Å²) in [7, 11) is 1.76. The molecule has 0 spiro atoms. The standard InChI is InChI=1S/C25H27NO2/c1-3-17-15-21-16-20(25(27)19-9-12-22(28-2)13-10-19)11-14-23(21)26-24(17)18-7-5-4-6-8-18/h4-8,11,14-16,19,22H,3,9-10,12-13H2,1-2H3. The van der Waals surface area contributed by atoms with E-state index in [1.165, 1.54) is 5.56 Å². The fraction of sp³-hybridized carbons (Fsp3) is 0.360. The van der Waals surface area contributed by atoms with E-state index >= 15 is 0 Å². The third-order valence-electron chi connectivity index (χ3n) is 5.98. The molecule has 0 amide bonds. The van der Waals surface area contributed by atoms with E-state index in [4.69, 9.17) is 9.72 Å². The summed E-state index contributed by atoms with van der Waals surface area (Å²) in [6.45, 7) is 2.15. The molecule has 1 heterocycles. The summed E-state index contributed by atoms with van der Waals surface area (Å²) in [5, 5.41) is 1.05. The third-order valence-corrected chi connectivity index (χ3v) is 5.98. The van der Waals surface area contributed by atoms with Crippen molar-refractivity contribution in [2.45, 2.75) is 45.1 Å². The molecule has 3 heteroatoms. The number of carbonyl (C=O) groups is 1. The largest absolute Gasteiger partial charge is 0.381 e. The van der Waals surface area contributed by atoms with Gasteiger partial charge in [-0.2, -0.15) is 0 Å². The second kappa shape index (κ2) is 8.24. The highest BCUT2D eigenvalue weighted by atomic mass is 16.5. The molecule has 1 fully saturated rings. The van der Waals surface area contributed by atoms with E-state index < -0.39 is 0 Å². The van der Waals surface area contributed by atoms with Crippen LogP contribution >= 0.6 is 0 Å². The normalized spacial score (nSPS) is 19.6. The van der Waals surface area contributed by atoms with Crippen LogP contribution in [0.15, 0.2) is 54.6 Å². The van der Waals surface area contributed by atoms with Crippen LogP contribution in [0.2, 0.25) is 0 Å². The number of methoxy groups -OCH3 is 1. The molecule has 0 radical (unpaired) electrons. The molecule has 144 valence electrons. The van der Waals surface area contributed by atoms with E-state index in [2.05, 4.69) is 25.1 Å². The minimum Gasteiger partial charge on any atom is -0.381 e. The lowest BCUT2D eigenvalue weighted by Gasteiger charge is -2.26. The number of pyridine rings is 1. The predicted molar refractivity (Wildman–Crippen MR) is 114 cm³/mol. The van der Waals surface area contributed by atoms with E-state index in [1.54, 1.807) is 7.11 Å². The summed E-state index contributed by atoms with van der Waals surface area (Å²) >= 11 is 0. The molecule has 28 heavy (non-hydrogen) atoms. The first-order valence-electron chi connectivity index (χ1n) is 10.3. The van der Waals surface area contributed by atoms with Crippen LogP contribution in [0.3, 0.4) is 0 Å². The van der Waals surface area contributed by atoms with Crippen LogP contribution in [0.4, 0.5) is 0 Å². The van der Waals surface area contributed by atoms with Crippen LogP contribution in [0.5, 0.6) is 0 Å². The molecule has 3 aromatic rings. The lowest BCUT2D eigenvalue weighted by Crippen LogP contribution is -2.25. The van der Waals surface area contributed by atoms with Crippen molar-refractivity contribution in [2.75, 3.05) is 7.11 Å². The van der Waals surface area contributed by atoms with Crippen LogP contribution in [-0.4, -0.2) is 24.0 Å². The minimum absolute atomic E-state index is 0.117. The number of hydrogen-bond acceptors (Lipinski definition) is 3. The maximum atomic E-state index is 13.0. The molecule has 1 aliphatic rings. The number of hydrogen-bond donors (Lipinski definition) is 0. The molecule has 0 unspecified atom stereocenters. The van der Waals surface area contributed by atoms with Crippen LogP contribution in [0, 0.1) is 5.92 Å². The van der Waals surface area contributed by atoms with Crippen molar-refractivity contribution < 1.29 is 9.53 Å². The van der Waals surface area contributed by atoms with E-state index in [9.17, 15) is 4.79 Å². The molecule has 4 rings (SSSR count). The second-order valence-corrected chi connectivity index (χ2v) is 7.70. The van der Waals surface area contributed by atoms with Crippen molar-refractivity contribution in [3.63, 3.8) is 0 Å². The van der Waals surface area contributed by atoms with Gasteiger partial charge in [-0.1, -0.05) is 37.3 Å². The van der Waals surface area contributed by atoms with Gasteiger partial charge in [0.25, 0.3) is 0 Å². The zero-order chi connectivity index (χ0) is 19.5. The molecule has 0 N–H and O–H groups in total. The molecule has 1 aromatic heterocycles. The van der Waals surface area contributed by atoms with Gasteiger partial charge in [0.05, 0.1) is 17.3 Å². The van der Waals surface area contributed by atoms with E-state index in [0.29, 0.717) is 6.10 Å². The molecular weight excluding hydrogens is 346 g/mol. The van der Waals surface area contributed by atoms with Gasteiger partial charge in [-0.05, 0) is 61.9 Å². The molecule has 1 aliphatic carbocycles. The Labute approximate surface area is 166 Å². The summed E-state index contributed by atoms with van der Waals surface area (Å²) in [6.07, 6.45) is 5.01. The number of Topliss-reactive ketones (excluding diaryl/α,β-unsaturated/α-hetero) is 1. The highest BCUT2D eigenvalue weighted by Gasteiger charge is 2.27. The Morgan fingerprint density at radius 1 is 1.04 bits per heavy atom. The van der Waals surface area contributed by atoms with Crippen molar-refractivity contribution in [3.8, 4) is 11.3 Å². The number of rotatable bonds is 5. The summed E-state index contributed by atoms with van der Waals surface area (Å²) in [5.41, 5.74) is 5.13. The lowest BCUT2D eigenvalue weighted by atomic mass is 9.82. The molecule has 0 bridgehead atoms. The number of ketones is 1. The van der Waals surface area contributed by atoms with Gasteiger partial charge >= 0.3 is 0 Å². The summed E-state index contributed by atoms with van der Waals surface area (Å²) < 4.78 is 5.44. The Kier molecular flexibility index (Phi) is 5.54. The molecule has 0 atom stereocenters. The van der Waals surface area contributed by atoms with E-state index in [1.807, 2.05) is 36.4 Å². The topological polar surface area (TPSA) is 39.2 Å². The quantitative estimate of drug-likeness (QED) is 0.526. The van der Waals surface area contributed by atoms with Gasteiger partial charge in [0, 0.05) is 29.5 Å². The first-order chi connectivity index (χ1) is 13.7. The van der Waals surface area contributed by atoms with Gasteiger partial charge in [-0.25, -0.2) is 4.98 Å². The summed E-state index contributed by atoms with van der Waals surface area (Å²) in [4.78, 5) is 17.9. The fourth-order valence-electron chi connectivity index (χ4n) is 4.29. The van der Waals surface area contributed by atoms with E-state index in [-0.39, 0.29) is 11.7 Å². The van der Waals surface area contributed by atoms with Crippen LogP contribution in [0.25, 0.3) is 22.2 Å². The SMILES string of the molecule is CCc1cc2cc(C(=O)C3CCC(OC)CC3)ccc2nc1-c1ccccc1. The van der Waals surface area contributed by atoms with Crippen LogP contribution < -0.4 is 0 Å². The Balaban J connectivity index is 1.65. The molecule has 0 saturated heterocycles. The first-order valence-corrected chi connectivity index (χ1v) is 10.3. The lowest BCUT2D eigenvalue weighted by molar-refractivity contribution is 0.0519. The molecule has 0 aliphatic heterocycles. The zero-order valence-corrected chi connectivity index (χ0v) is 16.7. The first kappa shape index (κ1) is 18.8. The Morgan fingerprint density at radius 3 is 2.46 bits per heavy atom. The van der Waals surface area contributed by atoms with Gasteiger partial charge in [-0.15, -0.1) is 0 Å². The Hall–Kier alpha value is -2.52. The Morgan fingerprint density at radius 2 is 1.79 bits per heavy atom. The molecule has 2 aromatic carbocycles. The van der Waals surface area contributed by atoms with Crippen LogP contribution in [-0.2, 0) is 11.2 Å². The monoisotopic (exact) mass is 373 g/mol. The summed E-state index contributed by atoms with van der Waals surface area (Å²) in [6, 6.07) is 18.5. The smallest absolute Gasteiger partial charge is 0.165 e. The fourth-order valence-corrected chi connectivity index (χ4v) is 4.29. The maximum absolute atomic E-state index is 13.0. The van der Waals surface area contributed by atoms with Crippen molar-refractivity contribution in [3.05, 3.63) is 65.7 Å². The number of fused-ring (bicyclic) bond motifs is 1. The number of ether oxygens (including phenoxy) is 1. The van der Waals surface area contributed by atoms with Crippen molar-refractivity contribution in [1.82, 2.24) is 4.98 Å².